The average molecular weight is 619 g/mol. The van der Waals surface area contributed by atoms with E-state index in [1.165, 1.54) is 29.9 Å². The highest BCUT2D eigenvalue weighted by Gasteiger charge is 2.43. The van der Waals surface area contributed by atoms with E-state index in [1.54, 1.807) is 34.1 Å². The van der Waals surface area contributed by atoms with E-state index in [0.717, 1.165) is 6.26 Å². The molecule has 10 nitrogen and oxygen atoms in total. The molecule has 3 aromatic rings. The molecule has 3 atom stereocenters. The van der Waals surface area contributed by atoms with Gasteiger partial charge in [-0.1, -0.05) is 35.3 Å². The molecular weight excluding hydrogens is 589 g/mol. The Morgan fingerprint density at radius 1 is 1.10 bits per heavy atom. The van der Waals surface area contributed by atoms with Crippen LogP contribution in [0.25, 0.3) is 0 Å². The molecule has 41 heavy (non-hydrogen) atoms. The maximum absolute atomic E-state index is 14.1. The second-order valence-corrected chi connectivity index (χ2v) is 13.3. The number of fused-ring (bicyclic) bond motifs is 3. The summed E-state index contributed by atoms with van der Waals surface area (Å²) in [7, 11) is -1.85. The first-order valence-electron chi connectivity index (χ1n) is 13.0. The number of rotatable bonds is 5. The Hall–Kier alpha value is -3.41. The summed E-state index contributed by atoms with van der Waals surface area (Å²) in [5.74, 6) is -0.890. The summed E-state index contributed by atoms with van der Waals surface area (Å²) in [6.07, 6.45) is 1.53. The van der Waals surface area contributed by atoms with Crippen LogP contribution in [0.15, 0.2) is 47.4 Å². The minimum Gasteiger partial charge on any atom is -0.357 e. The number of hydrogen-bond acceptors (Lipinski definition) is 6. The smallest absolute Gasteiger partial charge is 0.273 e. The Bertz CT molecular complexity index is 1670. The van der Waals surface area contributed by atoms with Crippen molar-refractivity contribution in [2.24, 2.45) is 0 Å². The van der Waals surface area contributed by atoms with Gasteiger partial charge in [0.2, 0.25) is 5.91 Å². The second-order valence-electron chi connectivity index (χ2n) is 10.4. The fourth-order valence-corrected chi connectivity index (χ4v) is 6.36. The zero-order valence-electron chi connectivity index (χ0n) is 22.9. The Kier molecular flexibility index (Phi) is 7.65. The summed E-state index contributed by atoms with van der Waals surface area (Å²) in [6, 6.07) is 9.57. The lowest BCUT2D eigenvalue weighted by molar-refractivity contribution is -0.125. The molecule has 1 aromatic heterocycles. The molecule has 3 heterocycles. The van der Waals surface area contributed by atoms with E-state index in [1.807, 2.05) is 13.8 Å². The molecule has 0 fully saturated rings. The van der Waals surface area contributed by atoms with Gasteiger partial charge in [-0.3, -0.25) is 14.4 Å². The fourth-order valence-electron chi connectivity index (χ4n) is 5.43. The number of aromatic nitrogens is 2. The van der Waals surface area contributed by atoms with Crippen molar-refractivity contribution in [2.45, 2.75) is 49.8 Å². The first-order valence-corrected chi connectivity index (χ1v) is 15.6. The molecule has 0 unspecified atom stereocenters. The predicted molar refractivity (Wildman–Crippen MR) is 154 cm³/mol. The highest BCUT2D eigenvalue weighted by atomic mass is 35.5. The zero-order chi connectivity index (χ0) is 29.8. The van der Waals surface area contributed by atoms with Crippen LogP contribution in [0, 0.1) is 0 Å². The second kappa shape index (κ2) is 10.8. The normalized spacial score (nSPS) is 19.4. The molecule has 13 heteroatoms. The molecular formula is C28H29Cl2N5O5S. The Morgan fingerprint density at radius 3 is 2.39 bits per heavy atom. The van der Waals surface area contributed by atoms with E-state index in [9.17, 15) is 22.8 Å². The molecule has 0 bridgehead atoms. The van der Waals surface area contributed by atoms with E-state index in [2.05, 4.69) is 5.32 Å². The molecule has 2 aliphatic heterocycles. The average Bonchev–Trinajstić information content (AvgIpc) is 3.31. The van der Waals surface area contributed by atoms with Crippen LogP contribution in [0.3, 0.4) is 0 Å². The van der Waals surface area contributed by atoms with Crippen molar-refractivity contribution in [2.75, 3.05) is 19.8 Å². The van der Waals surface area contributed by atoms with Crippen LogP contribution in [0.1, 0.15) is 63.6 Å². The molecule has 216 valence electrons. The Morgan fingerprint density at radius 2 is 1.78 bits per heavy atom. The predicted octanol–water partition coefficient (Wildman–Crippen LogP) is 3.68. The van der Waals surface area contributed by atoms with Crippen molar-refractivity contribution >= 4 is 50.8 Å². The topological polar surface area (TPSA) is 122 Å². The lowest BCUT2D eigenvalue weighted by atomic mass is 9.96. The molecule has 0 spiro atoms. The van der Waals surface area contributed by atoms with Crippen LogP contribution >= 0.6 is 23.2 Å². The van der Waals surface area contributed by atoms with Gasteiger partial charge in [-0.05, 0) is 49.7 Å². The van der Waals surface area contributed by atoms with Crippen LogP contribution in [-0.4, -0.2) is 71.6 Å². The van der Waals surface area contributed by atoms with Gasteiger partial charge >= 0.3 is 0 Å². The summed E-state index contributed by atoms with van der Waals surface area (Å²) in [5.41, 5.74) is 2.62. The molecule has 1 N–H and O–H groups in total. The lowest BCUT2D eigenvalue weighted by Crippen LogP contribution is -2.49. The van der Waals surface area contributed by atoms with Crippen molar-refractivity contribution in [1.29, 1.82) is 0 Å². The summed E-state index contributed by atoms with van der Waals surface area (Å²) in [5, 5.41) is 7.98. The van der Waals surface area contributed by atoms with Crippen molar-refractivity contribution in [1.82, 2.24) is 24.9 Å². The standard InChI is InChI=1S/C28H29Cl2N5O5S/c1-15-11-23-20(13-33(15)27(37)18-7-10-21(29)22(30)12-18)25-28(38)34(14-24(26(36)31-3)35(25)32-23)16(2)17-5-8-19(9-6-17)41(4,39)40/h5-10,12,15-16,24H,11,13-14H2,1-4H3,(H,31,36)/t15-,16+,24+/m1/s1. The maximum atomic E-state index is 14.1. The summed E-state index contributed by atoms with van der Waals surface area (Å²) >= 11 is 12.2. The van der Waals surface area contributed by atoms with Gasteiger partial charge in [-0.15, -0.1) is 0 Å². The van der Waals surface area contributed by atoms with Crippen LogP contribution in [0.2, 0.25) is 10.0 Å². The fraction of sp³-hybridized carbons (Fsp3) is 0.357. The van der Waals surface area contributed by atoms with Gasteiger partial charge in [-0.25, -0.2) is 13.1 Å². The van der Waals surface area contributed by atoms with E-state index >= 15 is 0 Å². The van der Waals surface area contributed by atoms with Gasteiger partial charge in [0.05, 0.1) is 39.8 Å². The monoisotopic (exact) mass is 617 g/mol. The molecule has 0 saturated carbocycles. The van der Waals surface area contributed by atoms with Crippen LogP contribution in [-0.2, 0) is 27.6 Å². The highest BCUT2D eigenvalue weighted by molar-refractivity contribution is 7.90. The number of hydrogen-bond donors (Lipinski definition) is 1. The van der Waals surface area contributed by atoms with Crippen LogP contribution in [0.4, 0.5) is 0 Å². The zero-order valence-corrected chi connectivity index (χ0v) is 25.2. The highest BCUT2D eigenvalue weighted by Crippen LogP contribution is 2.36. The SMILES string of the molecule is CNC(=O)[C@@H]1CN([C@@H](C)c2ccc(S(C)(=O)=O)cc2)C(=O)c2c3c(nn21)C[C@@H](C)N(C(=O)c1ccc(Cl)c(Cl)c1)C3. The van der Waals surface area contributed by atoms with E-state index < -0.39 is 21.9 Å². The van der Waals surface area contributed by atoms with Crippen molar-refractivity contribution < 1.29 is 22.8 Å². The maximum Gasteiger partial charge on any atom is 0.273 e. The largest absolute Gasteiger partial charge is 0.357 e. The third kappa shape index (κ3) is 5.22. The molecule has 5 rings (SSSR count). The van der Waals surface area contributed by atoms with Gasteiger partial charge in [0, 0.05) is 36.9 Å². The van der Waals surface area contributed by atoms with Crippen LogP contribution < -0.4 is 5.32 Å². The number of nitrogens with one attached hydrogen (secondary N) is 1. The number of sulfone groups is 1. The van der Waals surface area contributed by atoms with Crippen LogP contribution in [0.5, 0.6) is 0 Å². The lowest BCUT2D eigenvalue weighted by Gasteiger charge is -2.38. The molecule has 3 amide bonds. The van der Waals surface area contributed by atoms with Gasteiger partial charge in [-0.2, -0.15) is 5.10 Å². The minimum atomic E-state index is -3.38. The van der Waals surface area contributed by atoms with Gasteiger partial charge in [0.1, 0.15) is 11.7 Å². The minimum absolute atomic E-state index is 0.0720. The number of halogens is 2. The third-order valence-corrected chi connectivity index (χ3v) is 9.67. The van der Waals surface area contributed by atoms with E-state index in [-0.39, 0.29) is 52.5 Å². The number of benzene rings is 2. The molecule has 2 aliphatic rings. The molecule has 0 saturated heterocycles. The first kappa shape index (κ1) is 29.1. The number of amides is 3. The molecule has 0 aliphatic carbocycles. The quantitative estimate of drug-likeness (QED) is 0.466. The number of carbonyl (C=O) groups excluding carboxylic acids is 3. The van der Waals surface area contributed by atoms with Gasteiger partial charge in [0.15, 0.2) is 9.84 Å². The van der Waals surface area contributed by atoms with Gasteiger partial charge < -0.3 is 15.1 Å². The Labute approximate surface area is 248 Å². The summed E-state index contributed by atoms with van der Waals surface area (Å²) in [6.45, 7) is 3.93. The summed E-state index contributed by atoms with van der Waals surface area (Å²) < 4.78 is 25.3. The van der Waals surface area contributed by atoms with Crippen molar-refractivity contribution in [3.8, 4) is 0 Å². The van der Waals surface area contributed by atoms with Gasteiger partial charge in [0.25, 0.3) is 11.8 Å². The number of carbonyl (C=O) groups is 3. The summed E-state index contributed by atoms with van der Waals surface area (Å²) in [4.78, 5) is 44.0. The first-order chi connectivity index (χ1) is 19.3. The van der Waals surface area contributed by atoms with E-state index in [4.69, 9.17) is 28.3 Å². The van der Waals surface area contributed by atoms with E-state index in [0.29, 0.717) is 33.8 Å². The van der Waals surface area contributed by atoms with Crippen molar-refractivity contribution in [3.63, 3.8) is 0 Å². The van der Waals surface area contributed by atoms with Crippen molar-refractivity contribution in [3.05, 3.63) is 80.6 Å². The third-order valence-electron chi connectivity index (χ3n) is 7.80. The number of likely N-dealkylation sites (N-methyl/N-ethyl adjacent to an activating group) is 1. The Balaban J connectivity index is 1.52. The molecule has 2 aromatic carbocycles. The number of nitrogens with zero attached hydrogens (tertiary/aromatic N) is 4. The molecule has 0 radical (unpaired) electrons.